The van der Waals surface area contributed by atoms with Gasteiger partial charge in [-0.1, -0.05) is 144 Å². The topological polar surface area (TPSA) is 111 Å². The lowest BCUT2D eigenvalue weighted by Crippen LogP contribution is -2.37. The first kappa shape index (κ1) is 53.5. The summed E-state index contributed by atoms with van der Waals surface area (Å²) in [6.07, 6.45) is 45.4. The molecule has 322 valence electrons. The molecule has 0 heterocycles. The van der Waals surface area contributed by atoms with Crippen LogP contribution in [0, 0.1) is 0 Å². The maximum Gasteiger partial charge on any atom is 0.306 e. The Balaban J connectivity index is 4.46. The van der Waals surface area contributed by atoms with Gasteiger partial charge in [0, 0.05) is 12.8 Å². The smallest absolute Gasteiger partial charge is 0.306 e. The molecule has 0 N–H and O–H groups in total. The molecule has 10 heteroatoms. The van der Waals surface area contributed by atoms with Crippen molar-refractivity contribution in [1.82, 2.24) is 0 Å². The van der Waals surface area contributed by atoms with E-state index in [4.69, 9.17) is 18.5 Å². The van der Waals surface area contributed by atoms with Gasteiger partial charge in [0.1, 0.15) is 19.8 Å². The largest absolute Gasteiger partial charge is 0.756 e. The highest BCUT2D eigenvalue weighted by Gasteiger charge is 2.21. The number of nitrogens with zero attached hydrogens (tertiary/aromatic N) is 1. The lowest BCUT2D eigenvalue weighted by molar-refractivity contribution is -0.870. The molecule has 0 aromatic carbocycles. The van der Waals surface area contributed by atoms with Crippen LogP contribution in [-0.4, -0.2) is 70.0 Å². The van der Waals surface area contributed by atoms with E-state index in [-0.39, 0.29) is 26.1 Å². The third-order valence-electron chi connectivity index (χ3n) is 8.86. The van der Waals surface area contributed by atoms with Gasteiger partial charge < -0.3 is 27.9 Å². The number of carbonyl (C=O) groups excluding carboxylic acids is 2. The van der Waals surface area contributed by atoms with Crippen molar-refractivity contribution < 1.29 is 42.1 Å². The minimum absolute atomic E-state index is 0.0433. The van der Waals surface area contributed by atoms with Crippen LogP contribution in [-0.2, 0) is 32.7 Å². The average Bonchev–Trinajstić information content (AvgIpc) is 3.15. The summed E-state index contributed by atoms with van der Waals surface area (Å²) in [7, 11) is 1.12. The fourth-order valence-electron chi connectivity index (χ4n) is 5.49. The monoisotopic (exact) mass is 806 g/mol. The van der Waals surface area contributed by atoms with E-state index >= 15 is 0 Å². The first-order chi connectivity index (χ1) is 27.0. The molecule has 0 aromatic rings. The van der Waals surface area contributed by atoms with Crippen molar-refractivity contribution in [2.75, 3.05) is 47.5 Å². The average molecular weight is 806 g/mol. The van der Waals surface area contributed by atoms with E-state index < -0.39 is 32.5 Å². The van der Waals surface area contributed by atoms with Gasteiger partial charge in [0.05, 0.1) is 27.7 Å². The maximum atomic E-state index is 12.7. The normalized spacial score (nSPS) is 14.1. The van der Waals surface area contributed by atoms with Crippen LogP contribution in [0.1, 0.15) is 155 Å². The third-order valence-corrected chi connectivity index (χ3v) is 9.82. The van der Waals surface area contributed by atoms with Gasteiger partial charge >= 0.3 is 11.9 Å². The molecule has 56 heavy (non-hydrogen) atoms. The highest BCUT2D eigenvalue weighted by molar-refractivity contribution is 7.45. The molecule has 9 nitrogen and oxygen atoms in total. The molecule has 2 atom stereocenters. The SMILES string of the molecule is C=CCCCCCCCCCCCCCCCC(=O)O[C@H](COC(=O)CCC/C=C/C/C=C/C/C=C/C/C=C/C/C=C/CC)COP(=O)([O-])OCC[N+](C)(C)C. The predicted molar refractivity (Wildman–Crippen MR) is 231 cm³/mol. The van der Waals surface area contributed by atoms with Crippen LogP contribution in [0.3, 0.4) is 0 Å². The summed E-state index contributed by atoms with van der Waals surface area (Å²) >= 11 is 0. The van der Waals surface area contributed by atoms with Crippen molar-refractivity contribution in [3.8, 4) is 0 Å². The van der Waals surface area contributed by atoms with Crippen molar-refractivity contribution >= 4 is 19.8 Å². The Labute approximate surface area is 342 Å². The summed E-state index contributed by atoms with van der Waals surface area (Å²) in [5.74, 6) is -0.911. The molecule has 0 saturated heterocycles. The number of phosphoric ester groups is 1. The second kappa shape index (κ2) is 38.0. The highest BCUT2D eigenvalue weighted by Crippen LogP contribution is 2.38. The van der Waals surface area contributed by atoms with E-state index in [2.05, 4.69) is 68.2 Å². The van der Waals surface area contributed by atoms with Crippen LogP contribution >= 0.6 is 7.82 Å². The molecule has 0 spiro atoms. The number of rotatable bonds is 39. The van der Waals surface area contributed by atoms with Crippen molar-refractivity contribution in [1.29, 1.82) is 0 Å². The Morgan fingerprint density at radius 1 is 0.607 bits per heavy atom. The van der Waals surface area contributed by atoms with Gasteiger partial charge in [-0.3, -0.25) is 14.2 Å². The van der Waals surface area contributed by atoms with Crippen LogP contribution in [0.5, 0.6) is 0 Å². The standard InChI is InChI=1S/C46H80NO8P/c1-6-8-10-12-14-16-18-20-22-23-25-26-28-30-32-34-36-38-45(48)52-42-44(43-54-56(50,51)53-41-40-47(3,4)5)55-46(49)39-37-35-33-31-29-27-24-21-19-17-15-13-11-9-7-2/h7-8,10,14,16,20,22,25-26,30,32,44H,2,6,9,11-13,15,17-19,21,23-24,27-29,31,33-43H2,1,3-5H3/b10-8+,16-14+,22-20+,26-25+,32-30+/t44-/m1/s1. The summed E-state index contributed by atoms with van der Waals surface area (Å²) in [6.45, 7) is 5.55. The predicted octanol–water partition coefficient (Wildman–Crippen LogP) is 11.6. The fraction of sp³-hybridized carbons (Fsp3) is 0.696. The lowest BCUT2D eigenvalue weighted by Gasteiger charge is -2.28. The molecule has 0 radical (unpaired) electrons. The van der Waals surface area contributed by atoms with E-state index in [0.29, 0.717) is 23.9 Å². The van der Waals surface area contributed by atoms with Gasteiger partial charge in [0.25, 0.3) is 7.82 Å². The number of hydrogen-bond donors (Lipinski definition) is 0. The number of quaternary nitrogens is 1. The molecule has 0 aliphatic rings. The minimum atomic E-state index is -4.64. The zero-order chi connectivity index (χ0) is 41.4. The second-order valence-corrected chi connectivity index (χ2v) is 16.8. The second-order valence-electron chi connectivity index (χ2n) is 15.4. The summed E-state index contributed by atoms with van der Waals surface area (Å²) in [4.78, 5) is 37.5. The molecular formula is C46H80NO8P. The van der Waals surface area contributed by atoms with Gasteiger partial charge in [-0.2, -0.15) is 0 Å². The van der Waals surface area contributed by atoms with Crippen molar-refractivity contribution in [3.63, 3.8) is 0 Å². The van der Waals surface area contributed by atoms with Crippen molar-refractivity contribution in [2.45, 2.75) is 161 Å². The lowest BCUT2D eigenvalue weighted by atomic mass is 10.0. The fourth-order valence-corrected chi connectivity index (χ4v) is 6.22. The first-order valence-corrected chi connectivity index (χ1v) is 23.1. The van der Waals surface area contributed by atoms with Crippen LogP contribution in [0.2, 0.25) is 0 Å². The van der Waals surface area contributed by atoms with Gasteiger partial charge in [0.2, 0.25) is 0 Å². The molecule has 0 amide bonds. The Kier molecular flexibility index (Phi) is 36.3. The molecule has 0 aromatic heterocycles. The number of hydrogen-bond acceptors (Lipinski definition) is 8. The van der Waals surface area contributed by atoms with Crippen LogP contribution in [0.25, 0.3) is 0 Å². The Morgan fingerprint density at radius 2 is 1.07 bits per heavy atom. The quantitative estimate of drug-likeness (QED) is 0.0198. The van der Waals surface area contributed by atoms with E-state index in [0.717, 1.165) is 64.2 Å². The van der Waals surface area contributed by atoms with Gasteiger partial charge in [-0.05, 0) is 64.2 Å². The van der Waals surface area contributed by atoms with Crippen molar-refractivity contribution in [2.24, 2.45) is 0 Å². The number of esters is 2. The van der Waals surface area contributed by atoms with Crippen molar-refractivity contribution in [3.05, 3.63) is 73.4 Å². The van der Waals surface area contributed by atoms with Gasteiger partial charge in [-0.25, -0.2) is 0 Å². The van der Waals surface area contributed by atoms with Crippen LogP contribution in [0.15, 0.2) is 73.4 Å². The molecule has 1 unspecified atom stereocenters. The molecular weight excluding hydrogens is 725 g/mol. The van der Waals surface area contributed by atoms with E-state index in [1.165, 1.54) is 57.8 Å². The Morgan fingerprint density at radius 3 is 1.57 bits per heavy atom. The Bertz CT molecular complexity index is 1170. The molecule has 0 saturated carbocycles. The number of phosphoric acid groups is 1. The molecule has 0 aliphatic carbocycles. The number of carbonyl (C=O) groups is 2. The molecule has 0 aliphatic heterocycles. The highest BCUT2D eigenvalue weighted by atomic mass is 31.2. The zero-order valence-electron chi connectivity index (χ0n) is 35.9. The number of likely N-dealkylation sites (N-methyl/N-ethyl adjacent to an activating group) is 1. The molecule has 0 fully saturated rings. The minimum Gasteiger partial charge on any atom is -0.756 e. The van der Waals surface area contributed by atoms with E-state index in [9.17, 15) is 19.0 Å². The molecule has 0 bridgehead atoms. The summed E-state index contributed by atoms with van der Waals surface area (Å²) in [5.41, 5.74) is 0. The summed E-state index contributed by atoms with van der Waals surface area (Å²) in [6, 6.07) is 0. The Hall–Kier alpha value is -2.55. The van der Waals surface area contributed by atoms with Gasteiger partial charge in [-0.15, -0.1) is 6.58 Å². The number of ether oxygens (including phenoxy) is 2. The third kappa shape index (κ3) is 41.1. The van der Waals surface area contributed by atoms with Crippen LogP contribution < -0.4 is 4.89 Å². The number of allylic oxidation sites excluding steroid dienone is 11. The zero-order valence-corrected chi connectivity index (χ0v) is 36.8. The summed E-state index contributed by atoms with van der Waals surface area (Å²) < 4.78 is 33.8. The summed E-state index contributed by atoms with van der Waals surface area (Å²) in [5, 5.41) is 0. The number of unbranched alkanes of at least 4 members (excludes halogenated alkanes) is 14. The van der Waals surface area contributed by atoms with E-state index in [1.807, 2.05) is 33.3 Å². The van der Waals surface area contributed by atoms with E-state index in [1.54, 1.807) is 0 Å². The maximum absolute atomic E-state index is 12.7. The first-order valence-electron chi connectivity index (χ1n) is 21.6. The van der Waals surface area contributed by atoms with Gasteiger partial charge in [0.15, 0.2) is 6.10 Å². The van der Waals surface area contributed by atoms with Crippen LogP contribution in [0.4, 0.5) is 0 Å². The molecule has 0 rings (SSSR count).